The zero-order valence-corrected chi connectivity index (χ0v) is 30.5. The standard InChI is InChI=1S/2C17H24N8/c2*1-11-6-5-9-24(11)17-20-15(23(4)22-17)8-7-14-19-16-13(3)18-10-12(2)25(16)21-14/h2*10-11H,5-9H2,1-4H3. The Labute approximate surface area is 292 Å². The van der Waals surface area contributed by atoms with Crippen LogP contribution in [0.4, 0.5) is 11.9 Å². The van der Waals surface area contributed by atoms with Crippen molar-refractivity contribution >= 4 is 23.2 Å². The maximum absolute atomic E-state index is 4.75. The van der Waals surface area contributed by atoms with Crippen LogP contribution in [0.25, 0.3) is 11.3 Å². The van der Waals surface area contributed by atoms with Gasteiger partial charge in [-0.05, 0) is 67.2 Å². The molecule has 0 aromatic carbocycles. The quantitative estimate of drug-likeness (QED) is 0.232. The summed E-state index contributed by atoms with van der Waals surface area (Å²) in [5.41, 5.74) is 5.44. The van der Waals surface area contributed by atoms with Crippen LogP contribution in [0.3, 0.4) is 0 Å². The molecule has 0 saturated carbocycles. The molecular formula is C34H48N16. The molecule has 2 atom stereocenters. The van der Waals surface area contributed by atoms with Gasteiger partial charge in [0.2, 0.25) is 11.9 Å². The molecule has 264 valence electrons. The first-order valence-corrected chi connectivity index (χ1v) is 17.7. The highest BCUT2D eigenvalue weighted by atomic mass is 15.4. The number of hydrogen-bond acceptors (Lipinski definition) is 12. The Morgan fingerprint density at radius 1 is 0.580 bits per heavy atom. The van der Waals surface area contributed by atoms with Crippen LogP contribution in [0.2, 0.25) is 0 Å². The summed E-state index contributed by atoms with van der Waals surface area (Å²) in [4.78, 5) is 32.1. The Morgan fingerprint density at radius 2 is 1.00 bits per heavy atom. The first kappa shape index (κ1) is 33.5. The Balaban J connectivity index is 0.000000157. The van der Waals surface area contributed by atoms with Crippen LogP contribution < -0.4 is 9.80 Å². The van der Waals surface area contributed by atoms with Gasteiger partial charge in [0.25, 0.3) is 0 Å². The third-order valence-corrected chi connectivity index (χ3v) is 9.96. The van der Waals surface area contributed by atoms with Crippen molar-refractivity contribution in [2.75, 3.05) is 22.9 Å². The van der Waals surface area contributed by atoms with Crippen LogP contribution in [0.1, 0.15) is 85.6 Å². The van der Waals surface area contributed by atoms with Gasteiger partial charge in [-0.1, -0.05) is 0 Å². The minimum atomic E-state index is 0.522. The lowest BCUT2D eigenvalue weighted by molar-refractivity contribution is 0.674. The van der Waals surface area contributed by atoms with Gasteiger partial charge in [0.05, 0.1) is 22.8 Å². The summed E-state index contributed by atoms with van der Waals surface area (Å²) in [6.07, 6.45) is 11.5. The highest BCUT2D eigenvalue weighted by Crippen LogP contribution is 2.24. The number of fused-ring (bicyclic) bond motifs is 2. The molecule has 0 radical (unpaired) electrons. The molecule has 8 heterocycles. The number of aryl methyl sites for hydroxylation is 10. The second-order valence-corrected chi connectivity index (χ2v) is 13.8. The van der Waals surface area contributed by atoms with Crippen molar-refractivity contribution < 1.29 is 0 Å². The van der Waals surface area contributed by atoms with Crippen molar-refractivity contribution in [1.29, 1.82) is 0 Å². The van der Waals surface area contributed by atoms with Crippen LogP contribution in [0, 0.1) is 27.7 Å². The third kappa shape index (κ3) is 6.62. The molecule has 8 rings (SSSR count). The fourth-order valence-corrected chi connectivity index (χ4v) is 6.88. The van der Waals surface area contributed by atoms with Crippen molar-refractivity contribution in [3.63, 3.8) is 0 Å². The van der Waals surface area contributed by atoms with Crippen LogP contribution in [0.5, 0.6) is 0 Å². The minimum Gasteiger partial charge on any atom is -0.337 e. The molecule has 0 N–H and O–H groups in total. The summed E-state index contributed by atoms with van der Waals surface area (Å²) in [5.74, 6) is 5.28. The summed E-state index contributed by atoms with van der Waals surface area (Å²) in [7, 11) is 3.92. The largest absolute Gasteiger partial charge is 0.337 e. The van der Waals surface area contributed by atoms with E-state index in [-0.39, 0.29) is 0 Å². The van der Waals surface area contributed by atoms with E-state index in [9.17, 15) is 0 Å². The first-order valence-electron chi connectivity index (χ1n) is 17.7. The zero-order chi connectivity index (χ0) is 35.1. The number of rotatable bonds is 8. The highest BCUT2D eigenvalue weighted by molar-refractivity contribution is 5.44. The molecule has 0 aliphatic carbocycles. The third-order valence-electron chi connectivity index (χ3n) is 9.96. The van der Waals surface area contributed by atoms with E-state index in [1.807, 2.05) is 72.6 Å². The van der Waals surface area contributed by atoms with Gasteiger partial charge < -0.3 is 9.80 Å². The lowest BCUT2D eigenvalue weighted by Gasteiger charge is -2.18. The molecule has 6 aromatic heterocycles. The van der Waals surface area contributed by atoms with Gasteiger partial charge in [-0.2, -0.15) is 20.2 Å². The summed E-state index contributed by atoms with van der Waals surface area (Å²) >= 11 is 0. The average Bonchev–Trinajstić information content (AvgIpc) is 3.94. The van der Waals surface area contributed by atoms with Crippen LogP contribution in [-0.2, 0) is 39.8 Å². The molecule has 6 aromatic rings. The summed E-state index contributed by atoms with van der Waals surface area (Å²) in [6.45, 7) is 14.5. The summed E-state index contributed by atoms with van der Waals surface area (Å²) in [5, 5.41) is 18.4. The number of hydrogen-bond donors (Lipinski definition) is 0. The van der Waals surface area contributed by atoms with Crippen molar-refractivity contribution in [2.45, 2.75) is 105 Å². The molecule has 50 heavy (non-hydrogen) atoms. The molecule has 0 bridgehead atoms. The van der Waals surface area contributed by atoms with Crippen LogP contribution in [0.15, 0.2) is 12.4 Å². The van der Waals surface area contributed by atoms with Crippen molar-refractivity contribution in [3.8, 4) is 0 Å². The smallest absolute Gasteiger partial charge is 0.245 e. The lowest BCUT2D eigenvalue weighted by atomic mass is 10.2. The van der Waals surface area contributed by atoms with Crippen LogP contribution in [-0.4, -0.2) is 93.9 Å². The second kappa shape index (κ2) is 13.7. The molecule has 2 aliphatic rings. The first-order chi connectivity index (χ1) is 24.0. The predicted octanol–water partition coefficient (Wildman–Crippen LogP) is 3.29. The molecule has 2 aliphatic heterocycles. The predicted molar refractivity (Wildman–Crippen MR) is 189 cm³/mol. The molecule has 16 heteroatoms. The van der Waals surface area contributed by atoms with Gasteiger partial charge >= 0.3 is 0 Å². The molecule has 0 amide bonds. The topological polar surface area (TPSA) is 154 Å². The molecule has 2 fully saturated rings. The van der Waals surface area contributed by atoms with Crippen molar-refractivity contribution in [3.05, 3.63) is 58.5 Å². The lowest BCUT2D eigenvalue weighted by Crippen LogP contribution is -2.27. The van der Waals surface area contributed by atoms with Gasteiger partial charge in [0.15, 0.2) is 22.9 Å². The maximum atomic E-state index is 4.75. The van der Waals surface area contributed by atoms with Crippen LogP contribution >= 0.6 is 0 Å². The van der Waals surface area contributed by atoms with Crippen molar-refractivity contribution in [1.82, 2.24) is 68.7 Å². The average molecular weight is 681 g/mol. The Bertz CT molecular complexity index is 1890. The molecule has 2 unspecified atom stereocenters. The van der Waals surface area contributed by atoms with E-state index in [4.69, 9.17) is 9.97 Å². The fourth-order valence-electron chi connectivity index (χ4n) is 6.88. The van der Waals surface area contributed by atoms with Gasteiger partial charge in [-0.15, -0.1) is 10.2 Å². The van der Waals surface area contributed by atoms with E-state index < -0.39 is 0 Å². The Morgan fingerprint density at radius 3 is 1.36 bits per heavy atom. The maximum Gasteiger partial charge on any atom is 0.245 e. The second-order valence-electron chi connectivity index (χ2n) is 13.8. The van der Waals surface area contributed by atoms with Gasteiger partial charge in [-0.3, -0.25) is 19.3 Å². The van der Waals surface area contributed by atoms with E-state index in [2.05, 4.69) is 64.0 Å². The number of nitrogens with zero attached hydrogens (tertiary/aromatic N) is 16. The van der Waals surface area contributed by atoms with Gasteiger partial charge in [0, 0.05) is 77.3 Å². The Hall–Kier alpha value is -5.02. The van der Waals surface area contributed by atoms with E-state index in [0.717, 1.165) is 108 Å². The SMILES string of the molecule is Cc1ncc(C)n2nc(CCc3nc(N4CCCC4C)nn3C)nc12.Cc1ncc(C)n2nc(CCc3nc(N4CCCC4C)nn3C)nc12. The number of aromatic nitrogens is 14. The van der Waals surface area contributed by atoms with Crippen molar-refractivity contribution in [2.24, 2.45) is 14.1 Å². The summed E-state index contributed by atoms with van der Waals surface area (Å²) in [6, 6.07) is 1.04. The number of anilines is 2. The van der Waals surface area contributed by atoms with E-state index in [1.54, 1.807) is 0 Å². The highest BCUT2D eigenvalue weighted by Gasteiger charge is 2.26. The monoisotopic (exact) mass is 680 g/mol. The Kier molecular flexibility index (Phi) is 9.18. The molecule has 2 saturated heterocycles. The van der Waals surface area contributed by atoms with Gasteiger partial charge in [0.1, 0.15) is 11.6 Å². The normalized spacial score (nSPS) is 17.8. The van der Waals surface area contributed by atoms with E-state index >= 15 is 0 Å². The van der Waals surface area contributed by atoms with E-state index in [0.29, 0.717) is 12.1 Å². The zero-order valence-electron chi connectivity index (χ0n) is 30.5. The fraction of sp³-hybridized carbons (Fsp3) is 0.588. The van der Waals surface area contributed by atoms with E-state index in [1.165, 1.54) is 25.7 Å². The molecule has 16 nitrogen and oxygen atoms in total. The van der Waals surface area contributed by atoms with Gasteiger partial charge in [-0.25, -0.2) is 19.0 Å². The minimum absolute atomic E-state index is 0.522. The molecule has 0 spiro atoms. The summed E-state index contributed by atoms with van der Waals surface area (Å²) < 4.78 is 7.50. The molecular weight excluding hydrogens is 632 g/mol.